The number of rotatable bonds is 6. The van der Waals surface area contributed by atoms with Gasteiger partial charge >= 0.3 is 0 Å². The highest BCUT2D eigenvalue weighted by atomic mass is 16.2. The van der Waals surface area contributed by atoms with Crippen LogP contribution in [0.3, 0.4) is 0 Å². The first-order chi connectivity index (χ1) is 13.2. The molecule has 1 aliphatic rings. The van der Waals surface area contributed by atoms with Crippen LogP contribution in [-0.2, 0) is 9.59 Å². The fourth-order valence-electron chi connectivity index (χ4n) is 3.47. The number of aryl methyl sites for hydroxylation is 1. The summed E-state index contributed by atoms with van der Waals surface area (Å²) in [4.78, 5) is 39.3. The number of hydrogen-bond acceptors (Lipinski definition) is 3. The van der Waals surface area contributed by atoms with E-state index in [1.807, 2.05) is 32.0 Å². The summed E-state index contributed by atoms with van der Waals surface area (Å²) in [5.74, 6) is -0.0233. The van der Waals surface area contributed by atoms with E-state index in [4.69, 9.17) is 0 Å². The smallest absolute Gasteiger partial charge is 0.252 e. The predicted octanol–water partition coefficient (Wildman–Crippen LogP) is 2.51. The van der Waals surface area contributed by atoms with Crippen LogP contribution in [0.2, 0.25) is 0 Å². The molecule has 0 aliphatic carbocycles. The molecule has 6 nitrogen and oxygen atoms in total. The number of benzene rings is 1. The Morgan fingerprint density at radius 2 is 1.64 bits per heavy atom. The topological polar surface area (TPSA) is 78.5 Å². The van der Waals surface area contributed by atoms with Gasteiger partial charge in [-0.1, -0.05) is 32.0 Å². The maximum atomic E-state index is 13.0. The second kappa shape index (κ2) is 9.71. The zero-order valence-corrected chi connectivity index (χ0v) is 17.6. The maximum absolute atomic E-state index is 13.0. The summed E-state index contributed by atoms with van der Waals surface area (Å²) in [7, 11) is 0. The highest BCUT2D eigenvalue weighted by Gasteiger charge is 2.34. The van der Waals surface area contributed by atoms with E-state index in [0.717, 1.165) is 5.56 Å². The number of piperidine rings is 1. The van der Waals surface area contributed by atoms with Gasteiger partial charge in [-0.25, -0.2) is 0 Å². The molecule has 28 heavy (non-hydrogen) atoms. The van der Waals surface area contributed by atoms with Crippen molar-refractivity contribution in [2.75, 3.05) is 13.1 Å². The average molecular weight is 388 g/mol. The molecular weight excluding hydrogens is 354 g/mol. The van der Waals surface area contributed by atoms with Crippen LogP contribution in [0.4, 0.5) is 0 Å². The largest absolute Gasteiger partial charge is 0.352 e. The van der Waals surface area contributed by atoms with Gasteiger partial charge in [-0.15, -0.1) is 0 Å². The number of nitrogens with zero attached hydrogens (tertiary/aromatic N) is 1. The SMILES string of the molecule is CC(=O)N1CCC([C@@H](NC(=O)c2ccccc2C)C(=O)N[C@H](C)C(C)C)CC1. The second-order valence-corrected chi connectivity index (χ2v) is 8.15. The third kappa shape index (κ3) is 5.57. The van der Waals surface area contributed by atoms with E-state index in [1.54, 1.807) is 17.9 Å². The lowest BCUT2D eigenvalue weighted by Gasteiger charge is -2.36. The normalized spacial score (nSPS) is 17.1. The Labute approximate surface area is 168 Å². The van der Waals surface area contributed by atoms with Gasteiger partial charge in [0.1, 0.15) is 6.04 Å². The van der Waals surface area contributed by atoms with E-state index in [9.17, 15) is 14.4 Å². The molecule has 1 aromatic rings. The van der Waals surface area contributed by atoms with Gasteiger partial charge in [0, 0.05) is 31.6 Å². The van der Waals surface area contributed by atoms with Crippen molar-refractivity contribution in [3.63, 3.8) is 0 Å². The molecular formula is C22H33N3O3. The van der Waals surface area contributed by atoms with Crippen molar-refractivity contribution in [1.29, 1.82) is 0 Å². The van der Waals surface area contributed by atoms with Gasteiger partial charge in [-0.2, -0.15) is 0 Å². The van der Waals surface area contributed by atoms with Crippen LogP contribution in [-0.4, -0.2) is 47.8 Å². The maximum Gasteiger partial charge on any atom is 0.252 e. The van der Waals surface area contributed by atoms with E-state index in [1.165, 1.54) is 0 Å². The molecule has 0 bridgehead atoms. The van der Waals surface area contributed by atoms with Gasteiger partial charge in [-0.05, 0) is 50.2 Å². The van der Waals surface area contributed by atoms with Gasteiger partial charge < -0.3 is 15.5 Å². The molecule has 1 fully saturated rings. The Kier molecular flexibility index (Phi) is 7.61. The summed E-state index contributed by atoms with van der Waals surface area (Å²) < 4.78 is 0. The van der Waals surface area contributed by atoms with Crippen molar-refractivity contribution >= 4 is 17.7 Å². The molecule has 2 N–H and O–H groups in total. The predicted molar refractivity (Wildman–Crippen MR) is 110 cm³/mol. The quantitative estimate of drug-likeness (QED) is 0.787. The van der Waals surface area contributed by atoms with Gasteiger partial charge in [0.15, 0.2) is 0 Å². The Balaban J connectivity index is 2.16. The van der Waals surface area contributed by atoms with Crippen molar-refractivity contribution in [3.8, 4) is 0 Å². The van der Waals surface area contributed by atoms with Crippen LogP contribution in [0.25, 0.3) is 0 Å². The van der Waals surface area contributed by atoms with Crippen molar-refractivity contribution in [3.05, 3.63) is 35.4 Å². The summed E-state index contributed by atoms with van der Waals surface area (Å²) in [6.45, 7) is 10.8. The lowest BCUT2D eigenvalue weighted by molar-refractivity contribution is -0.130. The number of nitrogens with one attached hydrogen (secondary N) is 2. The Morgan fingerprint density at radius 1 is 1.04 bits per heavy atom. The first kappa shape index (κ1) is 21.9. The second-order valence-electron chi connectivity index (χ2n) is 8.15. The molecule has 154 valence electrons. The first-order valence-electron chi connectivity index (χ1n) is 10.1. The van der Waals surface area contributed by atoms with E-state index >= 15 is 0 Å². The number of carbonyl (C=O) groups is 3. The molecule has 0 radical (unpaired) electrons. The van der Waals surface area contributed by atoms with Gasteiger partial charge in [0.2, 0.25) is 11.8 Å². The monoisotopic (exact) mass is 387 g/mol. The number of likely N-dealkylation sites (tertiary alicyclic amines) is 1. The molecule has 1 aromatic carbocycles. The summed E-state index contributed by atoms with van der Waals surface area (Å²) >= 11 is 0. The summed E-state index contributed by atoms with van der Waals surface area (Å²) in [5.41, 5.74) is 1.46. The molecule has 1 saturated heterocycles. The van der Waals surface area contributed by atoms with E-state index in [2.05, 4.69) is 24.5 Å². The van der Waals surface area contributed by atoms with E-state index in [0.29, 0.717) is 37.4 Å². The summed E-state index contributed by atoms with van der Waals surface area (Å²) in [6, 6.07) is 6.77. The van der Waals surface area contributed by atoms with Crippen molar-refractivity contribution in [2.24, 2.45) is 11.8 Å². The Bertz CT molecular complexity index is 709. The third-order valence-corrected chi connectivity index (χ3v) is 5.79. The van der Waals surface area contributed by atoms with Crippen molar-refractivity contribution in [1.82, 2.24) is 15.5 Å². The van der Waals surface area contributed by atoms with Gasteiger partial charge in [0.05, 0.1) is 0 Å². The summed E-state index contributed by atoms with van der Waals surface area (Å²) in [6.07, 6.45) is 1.39. The first-order valence-corrected chi connectivity index (χ1v) is 10.1. The molecule has 0 saturated carbocycles. The van der Waals surface area contributed by atoms with Crippen molar-refractivity contribution in [2.45, 2.75) is 59.5 Å². The molecule has 3 amide bonds. The number of hydrogen-bond donors (Lipinski definition) is 2. The van der Waals surface area contributed by atoms with Crippen molar-refractivity contribution < 1.29 is 14.4 Å². The standard InChI is InChI=1S/C22H33N3O3/c1-14(2)16(4)23-22(28)20(18-10-12-25(13-11-18)17(5)26)24-21(27)19-9-7-6-8-15(19)3/h6-9,14,16,18,20H,10-13H2,1-5H3,(H,23,28)(H,24,27)/t16-,20-/m1/s1. The highest BCUT2D eigenvalue weighted by molar-refractivity contribution is 5.98. The Morgan fingerprint density at radius 3 is 2.18 bits per heavy atom. The van der Waals surface area contributed by atoms with Crippen LogP contribution in [0.15, 0.2) is 24.3 Å². The average Bonchev–Trinajstić information content (AvgIpc) is 2.66. The fraction of sp³-hybridized carbons (Fsp3) is 0.591. The number of carbonyl (C=O) groups excluding carboxylic acids is 3. The number of amides is 3. The molecule has 1 heterocycles. The van der Waals surface area contributed by atoms with Crippen LogP contribution in [0.1, 0.15) is 56.5 Å². The van der Waals surface area contributed by atoms with E-state index < -0.39 is 6.04 Å². The minimum absolute atomic E-state index is 0.00271. The lowest BCUT2D eigenvalue weighted by atomic mass is 9.88. The van der Waals surface area contributed by atoms with Gasteiger partial charge in [-0.3, -0.25) is 14.4 Å². The molecule has 6 heteroatoms. The third-order valence-electron chi connectivity index (χ3n) is 5.79. The molecule has 2 rings (SSSR count). The minimum Gasteiger partial charge on any atom is -0.352 e. The molecule has 0 spiro atoms. The van der Waals surface area contributed by atoms with E-state index in [-0.39, 0.29) is 29.7 Å². The van der Waals surface area contributed by atoms with Crippen LogP contribution in [0.5, 0.6) is 0 Å². The van der Waals surface area contributed by atoms with Crippen LogP contribution >= 0.6 is 0 Å². The Hall–Kier alpha value is -2.37. The molecule has 0 aromatic heterocycles. The zero-order valence-electron chi connectivity index (χ0n) is 17.6. The zero-order chi connectivity index (χ0) is 20.8. The molecule has 0 unspecified atom stereocenters. The van der Waals surface area contributed by atoms with Gasteiger partial charge in [0.25, 0.3) is 5.91 Å². The van der Waals surface area contributed by atoms with Crippen LogP contribution < -0.4 is 10.6 Å². The molecule has 1 aliphatic heterocycles. The van der Waals surface area contributed by atoms with Crippen LogP contribution in [0, 0.1) is 18.8 Å². The lowest BCUT2D eigenvalue weighted by Crippen LogP contribution is -2.55. The molecule has 2 atom stereocenters. The fourth-order valence-corrected chi connectivity index (χ4v) is 3.47. The minimum atomic E-state index is -0.609. The highest BCUT2D eigenvalue weighted by Crippen LogP contribution is 2.22. The summed E-state index contributed by atoms with van der Waals surface area (Å²) in [5, 5.41) is 6.03.